The molecule has 0 saturated heterocycles. The molecule has 1 fully saturated rings. The lowest BCUT2D eigenvalue weighted by atomic mass is 10.0. The minimum Gasteiger partial charge on any atom is -0.369 e. The van der Waals surface area contributed by atoms with Gasteiger partial charge in [-0.05, 0) is 50.7 Å². The summed E-state index contributed by atoms with van der Waals surface area (Å²) >= 11 is 1.63. The van der Waals surface area contributed by atoms with Gasteiger partial charge in [0, 0.05) is 6.20 Å². The summed E-state index contributed by atoms with van der Waals surface area (Å²) in [6.07, 6.45) is 4.55. The summed E-state index contributed by atoms with van der Waals surface area (Å²) in [7, 11) is 0. The third kappa shape index (κ3) is 2.79. The normalized spacial score (nSPS) is 17.9. The standard InChI is InChI=1S/C15H20N2OS/c1-14(2,3)18-9-12-17-11-7-10(15(4)5-6-15)8-16-13(11)19-12/h7-8H,5-6,9H2,1-4H3. The summed E-state index contributed by atoms with van der Waals surface area (Å²) in [5.74, 6) is 0. The fourth-order valence-electron chi connectivity index (χ4n) is 2.01. The molecule has 0 unspecified atom stereocenters. The van der Waals surface area contributed by atoms with Gasteiger partial charge in [-0.15, -0.1) is 0 Å². The van der Waals surface area contributed by atoms with Crippen LogP contribution in [0.4, 0.5) is 0 Å². The topological polar surface area (TPSA) is 35.0 Å². The molecule has 0 spiro atoms. The second kappa shape index (κ2) is 4.25. The SMILES string of the molecule is CC(C)(C)OCc1nc2cc(C3(C)CC3)cnc2s1. The Balaban J connectivity index is 1.84. The Morgan fingerprint density at radius 1 is 1.37 bits per heavy atom. The van der Waals surface area contributed by atoms with E-state index in [9.17, 15) is 0 Å². The van der Waals surface area contributed by atoms with Crippen LogP contribution >= 0.6 is 11.3 Å². The fourth-order valence-corrected chi connectivity index (χ4v) is 2.81. The van der Waals surface area contributed by atoms with Crippen molar-refractivity contribution in [2.75, 3.05) is 0 Å². The van der Waals surface area contributed by atoms with E-state index in [1.165, 1.54) is 18.4 Å². The number of rotatable bonds is 3. The Hall–Kier alpha value is -1.00. The first-order chi connectivity index (χ1) is 8.86. The molecule has 2 heterocycles. The molecule has 19 heavy (non-hydrogen) atoms. The highest BCUT2D eigenvalue weighted by molar-refractivity contribution is 7.18. The van der Waals surface area contributed by atoms with Gasteiger partial charge in [0.25, 0.3) is 0 Å². The summed E-state index contributed by atoms with van der Waals surface area (Å²) in [5.41, 5.74) is 2.57. The van der Waals surface area contributed by atoms with Crippen molar-refractivity contribution < 1.29 is 4.74 Å². The Labute approximate surface area is 118 Å². The molecule has 0 N–H and O–H groups in total. The number of hydrogen-bond donors (Lipinski definition) is 0. The van der Waals surface area contributed by atoms with Crippen molar-refractivity contribution in [2.45, 2.75) is 58.2 Å². The lowest BCUT2D eigenvalue weighted by Gasteiger charge is -2.18. The van der Waals surface area contributed by atoms with Crippen molar-refractivity contribution in [3.8, 4) is 0 Å². The lowest BCUT2D eigenvalue weighted by Crippen LogP contribution is -2.18. The molecule has 0 amide bonds. The molecule has 0 aliphatic heterocycles. The zero-order valence-corrected chi connectivity index (χ0v) is 12.8. The second-order valence-corrected chi connectivity index (χ2v) is 7.68. The Morgan fingerprint density at radius 3 is 2.74 bits per heavy atom. The van der Waals surface area contributed by atoms with Crippen LogP contribution in [0.15, 0.2) is 12.3 Å². The van der Waals surface area contributed by atoms with E-state index in [-0.39, 0.29) is 5.60 Å². The summed E-state index contributed by atoms with van der Waals surface area (Å²) in [6.45, 7) is 9.04. The van der Waals surface area contributed by atoms with E-state index in [0.717, 1.165) is 15.4 Å². The minimum absolute atomic E-state index is 0.127. The van der Waals surface area contributed by atoms with Gasteiger partial charge in [-0.25, -0.2) is 9.97 Å². The van der Waals surface area contributed by atoms with Crippen LogP contribution in [0.1, 0.15) is 51.1 Å². The van der Waals surface area contributed by atoms with Crippen LogP contribution in [0.5, 0.6) is 0 Å². The molecule has 3 rings (SSSR count). The maximum Gasteiger partial charge on any atom is 0.143 e. The molecular weight excluding hydrogens is 256 g/mol. The molecular formula is C15H20N2OS. The van der Waals surface area contributed by atoms with Crippen molar-refractivity contribution in [1.29, 1.82) is 0 Å². The van der Waals surface area contributed by atoms with Crippen LogP contribution in [0, 0.1) is 0 Å². The fraction of sp³-hybridized carbons (Fsp3) is 0.600. The molecule has 0 aromatic carbocycles. The average molecular weight is 276 g/mol. The zero-order valence-electron chi connectivity index (χ0n) is 12.0. The van der Waals surface area contributed by atoms with Gasteiger partial charge in [0.1, 0.15) is 15.4 Å². The third-order valence-electron chi connectivity index (χ3n) is 3.62. The largest absolute Gasteiger partial charge is 0.369 e. The van der Waals surface area contributed by atoms with Gasteiger partial charge in [0.05, 0.1) is 12.2 Å². The van der Waals surface area contributed by atoms with Gasteiger partial charge in [0.2, 0.25) is 0 Å². The molecule has 1 aliphatic rings. The first-order valence-corrected chi connectivity index (χ1v) is 7.57. The van der Waals surface area contributed by atoms with Gasteiger partial charge >= 0.3 is 0 Å². The first kappa shape index (κ1) is 13.0. The summed E-state index contributed by atoms with van der Waals surface area (Å²) < 4.78 is 5.77. The van der Waals surface area contributed by atoms with Crippen molar-refractivity contribution in [2.24, 2.45) is 0 Å². The second-order valence-electron chi connectivity index (χ2n) is 6.62. The number of hydrogen-bond acceptors (Lipinski definition) is 4. The van der Waals surface area contributed by atoms with Crippen molar-refractivity contribution in [3.63, 3.8) is 0 Å². The lowest BCUT2D eigenvalue weighted by molar-refractivity contribution is -0.0149. The molecule has 1 saturated carbocycles. The average Bonchev–Trinajstić information content (AvgIpc) is 2.93. The number of pyridine rings is 1. The molecule has 0 radical (unpaired) electrons. The highest BCUT2D eigenvalue weighted by Gasteiger charge is 2.39. The monoisotopic (exact) mass is 276 g/mol. The van der Waals surface area contributed by atoms with E-state index in [4.69, 9.17) is 4.74 Å². The number of ether oxygens (including phenoxy) is 1. The van der Waals surface area contributed by atoms with Gasteiger partial charge in [-0.3, -0.25) is 0 Å². The Kier molecular flexibility index (Phi) is 2.91. The quantitative estimate of drug-likeness (QED) is 0.848. The van der Waals surface area contributed by atoms with Crippen molar-refractivity contribution in [3.05, 3.63) is 22.8 Å². The van der Waals surface area contributed by atoms with Crippen LogP contribution in [0.2, 0.25) is 0 Å². The van der Waals surface area contributed by atoms with Crippen LogP contribution in [0.3, 0.4) is 0 Å². The van der Waals surface area contributed by atoms with Gasteiger partial charge < -0.3 is 4.74 Å². The molecule has 2 aromatic rings. The summed E-state index contributed by atoms with van der Waals surface area (Å²) in [5, 5.41) is 1.01. The Morgan fingerprint density at radius 2 is 2.11 bits per heavy atom. The van der Waals surface area contributed by atoms with E-state index in [1.807, 2.05) is 6.20 Å². The van der Waals surface area contributed by atoms with Crippen LogP contribution in [-0.4, -0.2) is 15.6 Å². The summed E-state index contributed by atoms with van der Waals surface area (Å²) in [6, 6.07) is 2.20. The maximum atomic E-state index is 5.77. The van der Waals surface area contributed by atoms with Gasteiger partial charge in [-0.2, -0.15) is 0 Å². The van der Waals surface area contributed by atoms with E-state index in [1.54, 1.807) is 11.3 Å². The van der Waals surface area contributed by atoms with Crippen molar-refractivity contribution in [1.82, 2.24) is 9.97 Å². The smallest absolute Gasteiger partial charge is 0.143 e. The number of thiazole rings is 1. The highest BCUT2D eigenvalue weighted by atomic mass is 32.1. The first-order valence-electron chi connectivity index (χ1n) is 6.76. The predicted molar refractivity (Wildman–Crippen MR) is 78.5 cm³/mol. The third-order valence-corrected chi connectivity index (χ3v) is 4.57. The molecule has 4 heteroatoms. The zero-order chi connectivity index (χ0) is 13.7. The van der Waals surface area contributed by atoms with E-state index < -0.39 is 0 Å². The maximum absolute atomic E-state index is 5.77. The van der Waals surface area contributed by atoms with Gasteiger partial charge in [-0.1, -0.05) is 18.3 Å². The summed E-state index contributed by atoms with van der Waals surface area (Å²) in [4.78, 5) is 10.2. The predicted octanol–water partition coefficient (Wildman–Crippen LogP) is 4.06. The van der Waals surface area contributed by atoms with E-state index in [2.05, 4.69) is 43.7 Å². The number of fused-ring (bicyclic) bond motifs is 1. The van der Waals surface area contributed by atoms with Crippen molar-refractivity contribution >= 4 is 21.7 Å². The molecule has 1 aliphatic carbocycles. The molecule has 102 valence electrons. The highest BCUT2D eigenvalue weighted by Crippen LogP contribution is 2.47. The molecule has 3 nitrogen and oxygen atoms in total. The van der Waals surface area contributed by atoms with E-state index in [0.29, 0.717) is 12.0 Å². The van der Waals surface area contributed by atoms with Crippen LogP contribution in [-0.2, 0) is 16.8 Å². The molecule has 0 bridgehead atoms. The number of nitrogens with zero attached hydrogens (tertiary/aromatic N) is 2. The number of aromatic nitrogens is 2. The van der Waals surface area contributed by atoms with Crippen LogP contribution < -0.4 is 0 Å². The molecule has 2 aromatic heterocycles. The Bertz CT molecular complexity index is 608. The van der Waals surface area contributed by atoms with Crippen LogP contribution in [0.25, 0.3) is 10.3 Å². The van der Waals surface area contributed by atoms with E-state index >= 15 is 0 Å². The molecule has 0 atom stereocenters. The minimum atomic E-state index is -0.127. The van der Waals surface area contributed by atoms with Gasteiger partial charge in [0.15, 0.2) is 0 Å².